The number of nitrogens with zero attached hydrogens (tertiary/aromatic N) is 2. The maximum absolute atomic E-state index is 10.6. The number of rotatable bonds is 4. The van der Waals surface area contributed by atoms with Crippen molar-refractivity contribution in [1.29, 1.82) is 0 Å². The lowest BCUT2D eigenvalue weighted by Gasteiger charge is -2.16. The monoisotopic (exact) mass is 269 g/mol. The molecule has 92 valence electrons. The zero-order chi connectivity index (χ0) is 12.2. The number of ether oxygens (including phenoxy) is 1. The molecule has 1 aliphatic rings. The van der Waals surface area contributed by atoms with Crippen LogP contribution >= 0.6 is 23.2 Å². The van der Waals surface area contributed by atoms with Crippen molar-refractivity contribution in [2.24, 2.45) is 10.9 Å². The van der Waals surface area contributed by atoms with Gasteiger partial charge in [0, 0.05) is 26.1 Å². The first-order valence-electron chi connectivity index (χ1n) is 4.79. The molecular formula is C8H13Cl2N3O3. The summed E-state index contributed by atoms with van der Waals surface area (Å²) in [6, 6.07) is 0. The molecule has 1 heterocycles. The minimum atomic E-state index is -2.21. The van der Waals surface area contributed by atoms with Gasteiger partial charge in [-0.25, -0.2) is 0 Å². The van der Waals surface area contributed by atoms with Gasteiger partial charge in [0.15, 0.2) is 0 Å². The number of halogens is 2. The third-order valence-electron chi connectivity index (χ3n) is 2.32. The number of nitro groups is 1. The quantitative estimate of drug-likeness (QED) is 0.207. The Labute approximate surface area is 103 Å². The zero-order valence-corrected chi connectivity index (χ0v) is 10.3. The van der Waals surface area contributed by atoms with E-state index in [2.05, 4.69) is 10.3 Å². The molecule has 1 atom stereocenters. The minimum absolute atomic E-state index is 0.0484. The molecule has 1 saturated heterocycles. The van der Waals surface area contributed by atoms with Crippen molar-refractivity contribution >= 4 is 29.0 Å². The van der Waals surface area contributed by atoms with Crippen LogP contribution < -0.4 is 5.32 Å². The van der Waals surface area contributed by atoms with E-state index in [1.165, 1.54) is 7.05 Å². The molecule has 0 aromatic carbocycles. The maximum atomic E-state index is 10.6. The lowest BCUT2D eigenvalue weighted by Crippen LogP contribution is -2.45. The van der Waals surface area contributed by atoms with Crippen molar-refractivity contribution in [3.05, 3.63) is 10.1 Å². The molecule has 1 unspecified atom stereocenters. The van der Waals surface area contributed by atoms with Gasteiger partial charge in [-0.05, 0) is 29.6 Å². The molecule has 0 spiro atoms. The van der Waals surface area contributed by atoms with E-state index in [0.717, 1.165) is 6.42 Å². The SMILES string of the molecule is CN=C(NCC1CCOC1)C(Cl)(Cl)[N+](=O)[O-]. The van der Waals surface area contributed by atoms with E-state index < -0.39 is 9.38 Å². The summed E-state index contributed by atoms with van der Waals surface area (Å²) in [5, 5.41) is 13.4. The fourth-order valence-corrected chi connectivity index (χ4v) is 1.69. The highest BCUT2D eigenvalue weighted by Gasteiger charge is 2.44. The first-order chi connectivity index (χ1) is 7.48. The Morgan fingerprint density at radius 2 is 2.44 bits per heavy atom. The molecule has 0 saturated carbocycles. The topological polar surface area (TPSA) is 76.8 Å². The second-order valence-corrected chi connectivity index (χ2v) is 4.77. The molecule has 6 nitrogen and oxygen atoms in total. The van der Waals surface area contributed by atoms with Gasteiger partial charge >= 0.3 is 4.46 Å². The van der Waals surface area contributed by atoms with E-state index in [1.807, 2.05) is 0 Å². The Hall–Kier alpha value is -0.590. The number of amidine groups is 1. The van der Waals surface area contributed by atoms with Gasteiger partial charge in [0.1, 0.15) is 0 Å². The smallest absolute Gasteiger partial charge is 0.381 e. The average Bonchev–Trinajstić information content (AvgIpc) is 2.71. The maximum Gasteiger partial charge on any atom is 0.427 e. The van der Waals surface area contributed by atoms with Crippen molar-refractivity contribution in [1.82, 2.24) is 5.32 Å². The van der Waals surface area contributed by atoms with Crippen LogP contribution in [0.5, 0.6) is 0 Å². The Kier molecular flexibility index (Phi) is 4.76. The van der Waals surface area contributed by atoms with Crippen molar-refractivity contribution in [2.45, 2.75) is 10.9 Å². The van der Waals surface area contributed by atoms with E-state index in [0.29, 0.717) is 25.7 Å². The molecule has 1 N–H and O–H groups in total. The summed E-state index contributed by atoms with van der Waals surface area (Å²) >= 11 is 11.1. The highest BCUT2D eigenvalue weighted by Crippen LogP contribution is 2.23. The Morgan fingerprint density at radius 3 is 2.88 bits per heavy atom. The fraction of sp³-hybridized carbons (Fsp3) is 0.875. The summed E-state index contributed by atoms with van der Waals surface area (Å²) in [5.41, 5.74) is 0. The van der Waals surface area contributed by atoms with E-state index in [4.69, 9.17) is 27.9 Å². The third-order valence-corrected chi connectivity index (χ3v) is 2.95. The number of hydrogen-bond donors (Lipinski definition) is 1. The van der Waals surface area contributed by atoms with E-state index in [1.54, 1.807) is 0 Å². The molecule has 16 heavy (non-hydrogen) atoms. The Balaban J connectivity index is 2.52. The number of nitrogens with one attached hydrogen (secondary N) is 1. The second-order valence-electron chi connectivity index (χ2n) is 3.48. The van der Waals surface area contributed by atoms with Crippen LogP contribution in [-0.4, -0.2) is 42.0 Å². The molecular weight excluding hydrogens is 257 g/mol. The van der Waals surface area contributed by atoms with Crippen LogP contribution in [0.25, 0.3) is 0 Å². The van der Waals surface area contributed by atoms with Gasteiger partial charge in [-0.3, -0.25) is 15.1 Å². The van der Waals surface area contributed by atoms with E-state index in [9.17, 15) is 10.1 Å². The van der Waals surface area contributed by atoms with Crippen LogP contribution in [0, 0.1) is 16.0 Å². The molecule has 0 aromatic heterocycles. The van der Waals surface area contributed by atoms with Crippen molar-refractivity contribution in [2.75, 3.05) is 26.8 Å². The molecule has 0 aromatic rings. The lowest BCUT2D eigenvalue weighted by atomic mass is 10.1. The summed E-state index contributed by atoms with van der Waals surface area (Å²) in [5.74, 6) is 0.264. The van der Waals surface area contributed by atoms with E-state index in [-0.39, 0.29) is 5.84 Å². The van der Waals surface area contributed by atoms with Crippen LogP contribution in [0.1, 0.15) is 6.42 Å². The number of hydrogen-bond acceptors (Lipinski definition) is 4. The van der Waals surface area contributed by atoms with Crippen molar-refractivity contribution in [3.63, 3.8) is 0 Å². The zero-order valence-electron chi connectivity index (χ0n) is 8.78. The predicted molar refractivity (Wildman–Crippen MR) is 61.7 cm³/mol. The van der Waals surface area contributed by atoms with E-state index >= 15 is 0 Å². The molecule has 0 radical (unpaired) electrons. The predicted octanol–water partition coefficient (Wildman–Crippen LogP) is 1.05. The van der Waals surface area contributed by atoms with Gasteiger partial charge < -0.3 is 10.1 Å². The Bertz CT molecular complexity index is 290. The van der Waals surface area contributed by atoms with Gasteiger partial charge in [-0.1, -0.05) is 0 Å². The molecule has 1 aliphatic heterocycles. The highest BCUT2D eigenvalue weighted by atomic mass is 35.5. The first kappa shape index (κ1) is 13.5. The van der Waals surface area contributed by atoms with Crippen LogP contribution in [0.2, 0.25) is 0 Å². The van der Waals surface area contributed by atoms with Crippen LogP contribution in [0.15, 0.2) is 4.99 Å². The summed E-state index contributed by atoms with van der Waals surface area (Å²) in [6.45, 7) is 1.87. The number of alkyl halides is 2. The Morgan fingerprint density at radius 1 is 1.75 bits per heavy atom. The molecule has 1 rings (SSSR count). The van der Waals surface area contributed by atoms with Crippen molar-refractivity contribution < 1.29 is 9.66 Å². The summed E-state index contributed by atoms with van der Waals surface area (Å²) < 4.78 is 2.96. The fourth-order valence-electron chi connectivity index (χ4n) is 1.39. The van der Waals surface area contributed by atoms with Gasteiger partial charge in [0.2, 0.25) is 5.84 Å². The molecule has 0 amide bonds. The highest BCUT2D eigenvalue weighted by molar-refractivity contribution is 6.57. The minimum Gasteiger partial charge on any atom is -0.381 e. The lowest BCUT2D eigenvalue weighted by molar-refractivity contribution is -0.497. The van der Waals surface area contributed by atoms with Crippen LogP contribution in [-0.2, 0) is 4.74 Å². The summed E-state index contributed by atoms with van der Waals surface area (Å²) in [7, 11) is 1.40. The normalized spacial score (nSPS) is 22.2. The first-order valence-corrected chi connectivity index (χ1v) is 5.55. The van der Waals surface area contributed by atoms with Crippen LogP contribution in [0.3, 0.4) is 0 Å². The largest absolute Gasteiger partial charge is 0.427 e. The van der Waals surface area contributed by atoms with Gasteiger partial charge in [0.25, 0.3) is 0 Å². The summed E-state index contributed by atoms with van der Waals surface area (Å²) in [6.07, 6.45) is 0.917. The second kappa shape index (κ2) is 5.65. The summed E-state index contributed by atoms with van der Waals surface area (Å²) in [4.78, 5) is 13.5. The third kappa shape index (κ3) is 3.20. The molecule has 8 heteroatoms. The molecule has 0 bridgehead atoms. The molecule has 0 aliphatic carbocycles. The van der Waals surface area contributed by atoms with Crippen LogP contribution in [0.4, 0.5) is 0 Å². The van der Waals surface area contributed by atoms with Crippen molar-refractivity contribution in [3.8, 4) is 0 Å². The van der Waals surface area contributed by atoms with Gasteiger partial charge in [-0.15, -0.1) is 0 Å². The average molecular weight is 270 g/mol. The number of aliphatic imine (C=N–C) groups is 1. The van der Waals surface area contributed by atoms with Gasteiger partial charge in [0.05, 0.1) is 11.5 Å². The standard InChI is InChI=1S/C8H13Cl2N3O3/c1-11-7(8(9,10)13(14)15)12-4-6-2-3-16-5-6/h6H,2-5H2,1H3,(H,11,12). The molecule has 1 fully saturated rings. The van der Waals surface area contributed by atoms with Gasteiger partial charge in [-0.2, -0.15) is 0 Å².